The van der Waals surface area contributed by atoms with Gasteiger partial charge in [-0.1, -0.05) is 12.1 Å². The number of nitrogens with zero attached hydrogens (tertiary/aromatic N) is 1. The summed E-state index contributed by atoms with van der Waals surface area (Å²) in [6.07, 6.45) is 2.38. The van der Waals surface area contributed by atoms with Gasteiger partial charge in [-0.15, -0.1) is 22.9 Å². The van der Waals surface area contributed by atoms with Gasteiger partial charge >= 0.3 is 0 Å². The molecule has 0 spiro atoms. The highest BCUT2D eigenvalue weighted by atomic mass is 35.5. The number of hydrogen-bond donors (Lipinski definition) is 0. The Morgan fingerprint density at radius 3 is 3.00 bits per heavy atom. The molecule has 1 heterocycles. The fourth-order valence-electron chi connectivity index (χ4n) is 1.35. The Kier molecular flexibility index (Phi) is 3.34. The van der Waals surface area contributed by atoms with Crippen LogP contribution in [0.5, 0.6) is 0 Å². The van der Waals surface area contributed by atoms with Gasteiger partial charge in [0.2, 0.25) is 0 Å². The molecular weight excluding hydrogens is 233 g/mol. The van der Waals surface area contributed by atoms with Crippen LogP contribution in [-0.2, 0) is 6.42 Å². The van der Waals surface area contributed by atoms with E-state index < -0.39 is 0 Å². The Labute approximate surface area is 96.5 Å². The lowest BCUT2D eigenvalue weighted by Crippen LogP contribution is -1.93. The Balaban J connectivity index is 2.09. The molecule has 2 rings (SSSR count). The molecule has 0 aliphatic carbocycles. The summed E-state index contributed by atoms with van der Waals surface area (Å²) in [7, 11) is 0. The summed E-state index contributed by atoms with van der Waals surface area (Å²) in [4.78, 5) is 4.98. The SMILES string of the molecule is Fc1cccc(CC(Cl)c2cncs2)c1. The molecule has 1 atom stereocenters. The fraction of sp³-hybridized carbons (Fsp3) is 0.182. The maximum Gasteiger partial charge on any atom is 0.123 e. The molecule has 0 N–H and O–H groups in total. The number of thiazole rings is 1. The van der Waals surface area contributed by atoms with Gasteiger partial charge in [0.25, 0.3) is 0 Å². The first-order valence-electron chi connectivity index (χ1n) is 4.52. The van der Waals surface area contributed by atoms with Crippen LogP contribution in [0.25, 0.3) is 0 Å². The normalized spacial score (nSPS) is 12.7. The standard InChI is InChI=1S/C11H9ClFNS/c12-10(11-6-14-7-15-11)5-8-2-1-3-9(13)4-8/h1-4,6-7,10H,5H2. The number of hydrogen-bond acceptors (Lipinski definition) is 2. The summed E-state index contributed by atoms with van der Waals surface area (Å²) in [6.45, 7) is 0. The number of benzene rings is 1. The van der Waals surface area contributed by atoms with Crippen molar-refractivity contribution < 1.29 is 4.39 Å². The first kappa shape index (κ1) is 10.6. The van der Waals surface area contributed by atoms with Gasteiger partial charge in [-0.3, -0.25) is 4.98 Å². The molecule has 4 heteroatoms. The van der Waals surface area contributed by atoms with Gasteiger partial charge in [0.15, 0.2) is 0 Å². The third-order valence-corrected chi connectivity index (χ3v) is 3.47. The van der Waals surface area contributed by atoms with Gasteiger partial charge in [-0.05, 0) is 24.1 Å². The van der Waals surface area contributed by atoms with E-state index in [1.54, 1.807) is 17.8 Å². The summed E-state index contributed by atoms with van der Waals surface area (Å²) in [5.74, 6) is -0.222. The molecule has 0 saturated carbocycles. The van der Waals surface area contributed by atoms with Gasteiger partial charge in [0.1, 0.15) is 5.82 Å². The number of halogens is 2. The monoisotopic (exact) mass is 241 g/mol. The molecule has 1 unspecified atom stereocenters. The Morgan fingerprint density at radius 2 is 2.33 bits per heavy atom. The Hall–Kier alpha value is -0.930. The third kappa shape index (κ3) is 2.76. The molecule has 0 aliphatic heterocycles. The van der Waals surface area contributed by atoms with Crippen molar-refractivity contribution in [3.8, 4) is 0 Å². The largest absolute Gasteiger partial charge is 0.253 e. The predicted octanol–water partition coefficient (Wildman–Crippen LogP) is 3.80. The third-order valence-electron chi connectivity index (χ3n) is 2.06. The van der Waals surface area contributed by atoms with Crippen LogP contribution in [0.3, 0.4) is 0 Å². The van der Waals surface area contributed by atoms with Crippen LogP contribution in [0, 0.1) is 5.82 Å². The second-order valence-corrected chi connectivity index (χ2v) is 4.65. The van der Waals surface area contributed by atoms with Gasteiger partial charge in [-0.25, -0.2) is 4.39 Å². The van der Waals surface area contributed by atoms with Crippen LogP contribution in [0.4, 0.5) is 4.39 Å². The Bertz CT molecular complexity index is 430. The lowest BCUT2D eigenvalue weighted by Gasteiger charge is -2.06. The smallest absolute Gasteiger partial charge is 0.123 e. The van der Waals surface area contributed by atoms with E-state index in [0.29, 0.717) is 6.42 Å². The zero-order valence-corrected chi connectivity index (χ0v) is 9.43. The summed E-state index contributed by atoms with van der Waals surface area (Å²) < 4.78 is 12.9. The summed E-state index contributed by atoms with van der Waals surface area (Å²) in [6, 6.07) is 6.51. The van der Waals surface area contributed by atoms with E-state index in [4.69, 9.17) is 11.6 Å². The van der Waals surface area contributed by atoms with Gasteiger partial charge in [0, 0.05) is 11.1 Å². The van der Waals surface area contributed by atoms with E-state index in [0.717, 1.165) is 10.4 Å². The summed E-state index contributed by atoms with van der Waals surface area (Å²) in [5.41, 5.74) is 2.65. The molecule has 1 aromatic carbocycles. The maximum absolute atomic E-state index is 12.9. The van der Waals surface area contributed by atoms with Crippen molar-refractivity contribution in [2.45, 2.75) is 11.8 Å². The van der Waals surface area contributed by atoms with Crippen molar-refractivity contribution in [2.75, 3.05) is 0 Å². The van der Waals surface area contributed by atoms with E-state index in [-0.39, 0.29) is 11.2 Å². The zero-order valence-electron chi connectivity index (χ0n) is 7.86. The zero-order chi connectivity index (χ0) is 10.7. The van der Waals surface area contributed by atoms with Gasteiger partial charge < -0.3 is 0 Å². The lowest BCUT2D eigenvalue weighted by atomic mass is 10.1. The second kappa shape index (κ2) is 4.73. The summed E-state index contributed by atoms with van der Waals surface area (Å²) >= 11 is 7.70. The quantitative estimate of drug-likeness (QED) is 0.745. The molecular formula is C11H9ClFNS. The first-order chi connectivity index (χ1) is 7.25. The van der Waals surface area contributed by atoms with Gasteiger partial charge in [0.05, 0.1) is 10.9 Å². The van der Waals surface area contributed by atoms with E-state index >= 15 is 0 Å². The maximum atomic E-state index is 12.9. The molecule has 0 amide bonds. The van der Waals surface area contributed by atoms with E-state index in [2.05, 4.69) is 4.98 Å². The molecule has 0 saturated heterocycles. The molecule has 0 fully saturated rings. The minimum atomic E-state index is -0.222. The molecule has 1 aromatic heterocycles. The minimum Gasteiger partial charge on any atom is -0.253 e. The molecule has 78 valence electrons. The van der Waals surface area contributed by atoms with Crippen molar-refractivity contribution in [3.63, 3.8) is 0 Å². The number of rotatable bonds is 3. The molecule has 0 radical (unpaired) electrons. The molecule has 15 heavy (non-hydrogen) atoms. The predicted molar refractivity (Wildman–Crippen MR) is 60.8 cm³/mol. The second-order valence-electron chi connectivity index (χ2n) is 3.21. The van der Waals surface area contributed by atoms with Crippen molar-refractivity contribution in [2.24, 2.45) is 0 Å². The number of aromatic nitrogens is 1. The van der Waals surface area contributed by atoms with Crippen LogP contribution >= 0.6 is 22.9 Å². The van der Waals surface area contributed by atoms with E-state index in [1.807, 2.05) is 6.07 Å². The first-order valence-corrected chi connectivity index (χ1v) is 5.84. The molecule has 0 bridgehead atoms. The van der Waals surface area contributed by atoms with Crippen LogP contribution in [0.2, 0.25) is 0 Å². The van der Waals surface area contributed by atoms with Crippen molar-refractivity contribution >= 4 is 22.9 Å². The molecule has 1 nitrogen and oxygen atoms in total. The van der Waals surface area contributed by atoms with Gasteiger partial charge in [-0.2, -0.15) is 0 Å². The van der Waals surface area contributed by atoms with Crippen LogP contribution in [-0.4, -0.2) is 4.98 Å². The lowest BCUT2D eigenvalue weighted by molar-refractivity contribution is 0.625. The Morgan fingerprint density at radius 1 is 1.47 bits per heavy atom. The van der Waals surface area contributed by atoms with Crippen molar-refractivity contribution in [1.82, 2.24) is 4.98 Å². The van der Waals surface area contributed by atoms with Crippen molar-refractivity contribution in [3.05, 3.63) is 52.2 Å². The fourth-order valence-corrected chi connectivity index (χ4v) is 2.34. The summed E-state index contributed by atoms with van der Waals surface area (Å²) in [5, 5.41) is -0.126. The molecule has 0 aliphatic rings. The van der Waals surface area contributed by atoms with Crippen LogP contribution in [0.15, 0.2) is 36.0 Å². The highest BCUT2D eigenvalue weighted by Gasteiger charge is 2.10. The number of alkyl halides is 1. The molecule has 2 aromatic rings. The highest BCUT2D eigenvalue weighted by Crippen LogP contribution is 2.27. The van der Waals surface area contributed by atoms with Crippen LogP contribution < -0.4 is 0 Å². The topological polar surface area (TPSA) is 12.9 Å². The average molecular weight is 242 g/mol. The average Bonchev–Trinajstić information content (AvgIpc) is 2.70. The van der Waals surface area contributed by atoms with E-state index in [9.17, 15) is 4.39 Å². The van der Waals surface area contributed by atoms with Crippen LogP contribution in [0.1, 0.15) is 15.8 Å². The highest BCUT2D eigenvalue weighted by molar-refractivity contribution is 7.09. The van der Waals surface area contributed by atoms with E-state index in [1.165, 1.54) is 23.5 Å². The minimum absolute atomic E-state index is 0.126. The van der Waals surface area contributed by atoms with Crippen molar-refractivity contribution in [1.29, 1.82) is 0 Å².